The maximum Gasteiger partial charge on any atom is 0.306 e. The molecule has 3 atom stereocenters. The van der Waals surface area contributed by atoms with Crippen molar-refractivity contribution >= 4 is 55.3 Å². The summed E-state index contributed by atoms with van der Waals surface area (Å²) in [7, 11) is 0. The summed E-state index contributed by atoms with van der Waals surface area (Å²) >= 11 is 13.9. The number of esters is 1. The van der Waals surface area contributed by atoms with Gasteiger partial charge in [-0.15, -0.1) is 0 Å². The standard InChI is InChI=1S/C28H31Br2ClN2O3/c1-2-36-25(35)13-20-9-19(20)12-24(34)33-7-5-16(6-8-33)27-26-17(11-22(31)14-23(26)30)3-4-18-10-21(29)15-32-28(18)27/h10-11,14-16,19-20,27H,2-9,12-13H2,1H3/t19?,20?,27-/m1/s1. The molecule has 1 amide bonds. The Labute approximate surface area is 234 Å². The lowest BCUT2D eigenvalue weighted by Crippen LogP contribution is -2.40. The van der Waals surface area contributed by atoms with Crippen LogP contribution in [0.15, 0.2) is 33.3 Å². The predicted octanol–water partition coefficient (Wildman–Crippen LogP) is 6.71. The Balaban J connectivity index is 1.28. The molecule has 0 N–H and O–H groups in total. The molecular weight excluding hydrogens is 608 g/mol. The summed E-state index contributed by atoms with van der Waals surface area (Å²) < 4.78 is 7.11. The van der Waals surface area contributed by atoms with Crippen molar-refractivity contribution in [2.24, 2.45) is 17.8 Å². The summed E-state index contributed by atoms with van der Waals surface area (Å²) in [6, 6.07) is 6.31. The number of benzene rings is 1. The van der Waals surface area contributed by atoms with Crippen molar-refractivity contribution in [1.29, 1.82) is 0 Å². The van der Waals surface area contributed by atoms with Crippen LogP contribution in [0.5, 0.6) is 0 Å². The molecule has 2 aromatic rings. The second kappa shape index (κ2) is 11.1. The van der Waals surface area contributed by atoms with Crippen LogP contribution in [0.1, 0.15) is 67.3 Å². The van der Waals surface area contributed by atoms with Gasteiger partial charge in [-0.05, 0) is 108 Å². The summed E-state index contributed by atoms with van der Waals surface area (Å²) in [5.41, 5.74) is 5.03. The molecule has 2 heterocycles. The third-order valence-electron chi connectivity index (χ3n) is 8.02. The lowest BCUT2D eigenvalue weighted by molar-refractivity contribution is -0.143. The number of ether oxygens (including phenoxy) is 1. The van der Waals surface area contributed by atoms with Gasteiger partial charge in [-0.1, -0.05) is 27.5 Å². The Morgan fingerprint density at radius 2 is 1.81 bits per heavy atom. The number of piperidine rings is 1. The van der Waals surface area contributed by atoms with Gasteiger partial charge in [0, 0.05) is 52.0 Å². The zero-order valence-corrected chi connectivity index (χ0v) is 24.4. The molecule has 2 aliphatic carbocycles. The fourth-order valence-corrected chi connectivity index (χ4v) is 7.61. The summed E-state index contributed by atoms with van der Waals surface area (Å²) in [5.74, 6) is 1.28. The highest BCUT2D eigenvalue weighted by Gasteiger charge is 2.42. The number of fused-ring (bicyclic) bond motifs is 2. The largest absolute Gasteiger partial charge is 0.466 e. The first-order valence-corrected chi connectivity index (χ1v) is 14.9. The molecular formula is C28H31Br2ClN2O3. The van der Waals surface area contributed by atoms with Gasteiger partial charge in [-0.2, -0.15) is 0 Å². The van der Waals surface area contributed by atoms with Gasteiger partial charge >= 0.3 is 5.97 Å². The molecule has 1 saturated heterocycles. The van der Waals surface area contributed by atoms with E-state index in [9.17, 15) is 9.59 Å². The highest BCUT2D eigenvalue weighted by molar-refractivity contribution is 9.10. The predicted molar refractivity (Wildman–Crippen MR) is 147 cm³/mol. The molecule has 2 fully saturated rings. The van der Waals surface area contributed by atoms with Gasteiger partial charge < -0.3 is 9.64 Å². The minimum Gasteiger partial charge on any atom is -0.466 e. The van der Waals surface area contributed by atoms with Gasteiger partial charge in [0.1, 0.15) is 0 Å². The van der Waals surface area contributed by atoms with Gasteiger partial charge in [-0.25, -0.2) is 0 Å². The number of hydrogen-bond donors (Lipinski definition) is 0. The highest BCUT2D eigenvalue weighted by Crippen LogP contribution is 2.47. The van der Waals surface area contributed by atoms with Crippen molar-refractivity contribution in [2.45, 2.75) is 57.8 Å². The molecule has 0 spiro atoms. The molecule has 192 valence electrons. The van der Waals surface area contributed by atoms with E-state index in [4.69, 9.17) is 21.3 Å². The van der Waals surface area contributed by atoms with Gasteiger partial charge in [-0.3, -0.25) is 14.6 Å². The third-order valence-corrected chi connectivity index (χ3v) is 9.33. The lowest BCUT2D eigenvalue weighted by Gasteiger charge is -2.37. The first-order valence-electron chi connectivity index (χ1n) is 12.9. The van der Waals surface area contributed by atoms with Crippen molar-refractivity contribution in [3.63, 3.8) is 0 Å². The van der Waals surface area contributed by atoms with Crippen LogP contribution in [-0.2, 0) is 27.2 Å². The van der Waals surface area contributed by atoms with Crippen LogP contribution in [0.4, 0.5) is 0 Å². The summed E-state index contributed by atoms with van der Waals surface area (Å²) in [6.45, 7) is 3.77. The molecule has 1 aliphatic heterocycles. The zero-order chi connectivity index (χ0) is 25.4. The van der Waals surface area contributed by atoms with E-state index >= 15 is 0 Å². The smallest absolute Gasteiger partial charge is 0.306 e. The number of nitrogens with zero attached hydrogens (tertiary/aromatic N) is 2. The van der Waals surface area contributed by atoms with Gasteiger partial charge in [0.25, 0.3) is 0 Å². The molecule has 0 radical (unpaired) electrons. The molecule has 3 aliphatic rings. The van der Waals surface area contributed by atoms with E-state index < -0.39 is 0 Å². The maximum absolute atomic E-state index is 13.0. The lowest BCUT2D eigenvalue weighted by atomic mass is 9.76. The highest BCUT2D eigenvalue weighted by atomic mass is 79.9. The van der Waals surface area contributed by atoms with E-state index in [0.717, 1.165) is 64.9 Å². The number of aromatic nitrogens is 1. The van der Waals surface area contributed by atoms with Crippen LogP contribution in [-0.4, -0.2) is 41.5 Å². The molecule has 2 unspecified atom stereocenters. The number of carbonyl (C=O) groups is 2. The summed E-state index contributed by atoms with van der Waals surface area (Å²) in [5, 5.41) is 0.751. The Kier molecular flexibility index (Phi) is 8.09. The van der Waals surface area contributed by atoms with E-state index in [1.165, 1.54) is 16.7 Å². The molecule has 1 saturated carbocycles. The fraction of sp³-hybridized carbons (Fsp3) is 0.536. The molecule has 0 bridgehead atoms. The number of carbonyl (C=O) groups excluding carboxylic acids is 2. The number of rotatable bonds is 6. The minimum atomic E-state index is -0.143. The monoisotopic (exact) mass is 636 g/mol. The Hall–Kier alpha value is -1.44. The maximum atomic E-state index is 13.0. The average molecular weight is 639 g/mol. The first-order chi connectivity index (χ1) is 17.3. The molecule has 1 aromatic carbocycles. The number of pyridine rings is 1. The molecule has 5 rings (SSSR count). The van der Waals surface area contributed by atoms with Crippen LogP contribution < -0.4 is 0 Å². The van der Waals surface area contributed by atoms with Gasteiger partial charge in [0.2, 0.25) is 5.91 Å². The quantitative estimate of drug-likeness (QED) is 0.330. The average Bonchev–Trinajstić information content (AvgIpc) is 3.59. The zero-order valence-electron chi connectivity index (χ0n) is 20.4. The molecule has 1 aromatic heterocycles. The second-order valence-electron chi connectivity index (χ2n) is 10.3. The SMILES string of the molecule is CCOC(=O)CC1CC1CC(=O)N1CCC([C@H]2c3ncc(Br)cc3CCc3cc(Cl)cc(Br)c32)CC1. The van der Waals surface area contributed by atoms with Crippen LogP contribution in [0, 0.1) is 17.8 Å². The number of likely N-dealkylation sites (tertiary alicyclic amines) is 1. The number of aryl methyl sites for hydroxylation is 2. The van der Waals surface area contributed by atoms with E-state index in [2.05, 4.69) is 44.0 Å². The van der Waals surface area contributed by atoms with E-state index in [-0.39, 0.29) is 17.8 Å². The van der Waals surface area contributed by atoms with Crippen molar-refractivity contribution in [2.75, 3.05) is 19.7 Å². The van der Waals surface area contributed by atoms with Crippen LogP contribution in [0.3, 0.4) is 0 Å². The fourth-order valence-electron chi connectivity index (χ4n) is 6.11. The Morgan fingerprint density at radius 3 is 2.56 bits per heavy atom. The van der Waals surface area contributed by atoms with Crippen molar-refractivity contribution in [1.82, 2.24) is 9.88 Å². The summed E-state index contributed by atoms with van der Waals surface area (Å²) in [6.07, 6.45) is 7.60. The number of hydrogen-bond acceptors (Lipinski definition) is 4. The molecule has 36 heavy (non-hydrogen) atoms. The van der Waals surface area contributed by atoms with E-state index in [1.54, 1.807) is 0 Å². The number of halogens is 3. The topological polar surface area (TPSA) is 59.5 Å². The van der Waals surface area contributed by atoms with Crippen LogP contribution >= 0.6 is 43.5 Å². The normalized spacial score (nSPS) is 23.4. The van der Waals surface area contributed by atoms with Crippen molar-refractivity contribution in [3.05, 3.63) is 60.7 Å². The van der Waals surface area contributed by atoms with Crippen molar-refractivity contribution < 1.29 is 14.3 Å². The summed E-state index contributed by atoms with van der Waals surface area (Å²) in [4.78, 5) is 31.7. The Bertz CT molecular complexity index is 1170. The molecule has 5 nitrogen and oxygen atoms in total. The van der Waals surface area contributed by atoms with E-state index in [0.29, 0.717) is 37.2 Å². The van der Waals surface area contributed by atoms with Crippen LogP contribution in [0.2, 0.25) is 5.02 Å². The second-order valence-corrected chi connectivity index (χ2v) is 12.5. The first kappa shape index (κ1) is 26.2. The minimum absolute atomic E-state index is 0.143. The van der Waals surface area contributed by atoms with Crippen molar-refractivity contribution in [3.8, 4) is 0 Å². The van der Waals surface area contributed by atoms with Crippen LogP contribution in [0.25, 0.3) is 0 Å². The third kappa shape index (κ3) is 5.68. The van der Waals surface area contributed by atoms with E-state index in [1.807, 2.05) is 24.1 Å². The number of amides is 1. The molecule has 8 heteroatoms. The van der Waals surface area contributed by atoms with Gasteiger partial charge in [0.15, 0.2) is 0 Å². The van der Waals surface area contributed by atoms with Gasteiger partial charge in [0.05, 0.1) is 12.3 Å². The Morgan fingerprint density at radius 1 is 1.08 bits per heavy atom.